The Morgan fingerprint density at radius 2 is 1.88 bits per heavy atom. The quantitative estimate of drug-likeness (QED) is 0.587. The summed E-state index contributed by atoms with van der Waals surface area (Å²) in [5.41, 5.74) is 6.87. The zero-order chi connectivity index (χ0) is 17.2. The molecular formula is C20H21N5. The molecule has 0 amide bonds. The first kappa shape index (κ1) is 15.6. The van der Waals surface area contributed by atoms with Gasteiger partial charge in [-0.15, -0.1) is 0 Å². The number of para-hydroxylation sites is 1. The number of aromatic amines is 1. The Kier molecular flexibility index (Phi) is 4.07. The number of aryl methyl sites for hydroxylation is 2. The smallest absolute Gasteiger partial charge is 0.0695 e. The van der Waals surface area contributed by atoms with Gasteiger partial charge in [-0.1, -0.05) is 30.3 Å². The first-order chi connectivity index (χ1) is 12.2. The topological polar surface area (TPSA) is 58.5 Å². The van der Waals surface area contributed by atoms with Crippen molar-refractivity contribution in [3.8, 4) is 5.69 Å². The van der Waals surface area contributed by atoms with Gasteiger partial charge >= 0.3 is 0 Å². The van der Waals surface area contributed by atoms with Gasteiger partial charge in [0.1, 0.15) is 0 Å². The molecule has 2 aromatic heterocycles. The molecule has 0 saturated heterocycles. The lowest BCUT2D eigenvalue weighted by atomic mass is 10.1. The number of fused-ring (bicyclic) bond motifs is 1. The van der Waals surface area contributed by atoms with Crippen LogP contribution in [0.5, 0.6) is 0 Å². The van der Waals surface area contributed by atoms with Gasteiger partial charge in [-0.2, -0.15) is 10.2 Å². The second-order valence-corrected chi connectivity index (χ2v) is 6.36. The van der Waals surface area contributed by atoms with Gasteiger partial charge in [-0.3, -0.25) is 5.10 Å². The minimum Gasteiger partial charge on any atom is -0.309 e. The maximum absolute atomic E-state index is 4.53. The summed E-state index contributed by atoms with van der Waals surface area (Å²) in [6, 6.07) is 16.9. The molecule has 0 atom stereocenters. The van der Waals surface area contributed by atoms with Crippen LogP contribution in [0, 0.1) is 13.8 Å². The molecule has 126 valence electrons. The molecule has 0 bridgehead atoms. The maximum atomic E-state index is 4.53. The third-order valence-corrected chi connectivity index (χ3v) is 4.40. The van der Waals surface area contributed by atoms with Crippen LogP contribution in [-0.2, 0) is 13.1 Å². The largest absolute Gasteiger partial charge is 0.309 e. The van der Waals surface area contributed by atoms with Crippen LogP contribution in [0.15, 0.2) is 54.7 Å². The first-order valence-electron chi connectivity index (χ1n) is 8.45. The molecule has 2 N–H and O–H groups in total. The van der Waals surface area contributed by atoms with E-state index in [-0.39, 0.29) is 0 Å². The molecule has 0 fully saturated rings. The normalized spacial score (nSPS) is 11.3. The van der Waals surface area contributed by atoms with Crippen LogP contribution >= 0.6 is 0 Å². The van der Waals surface area contributed by atoms with E-state index < -0.39 is 0 Å². The van der Waals surface area contributed by atoms with Crippen LogP contribution in [0.4, 0.5) is 0 Å². The van der Waals surface area contributed by atoms with Crippen molar-refractivity contribution in [2.45, 2.75) is 26.9 Å². The molecule has 25 heavy (non-hydrogen) atoms. The Morgan fingerprint density at radius 3 is 2.64 bits per heavy atom. The Balaban J connectivity index is 1.42. The van der Waals surface area contributed by atoms with Crippen molar-refractivity contribution in [2.24, 2.45) is 0 Å². The fraction of sp³-hybridized carbons (Fsp3) is 0.200. The molecule has 0 spiro atoms. The van der Waals surface area contributed by atoms with Crippen molar-refractivity contribution in [2.75, 3.05) is 0 Å². The Morgan fingerprint density at radius 1 is 1.04 bits per heavy atom. The van der Waals surface area contributed by atoms with Crippen LogP contribution < -0.4 is 5.32 Å². The first-order valence-corrected chi connectivity index (χ1v) is 8.45. The summed E-state index contributed by atoms with van der Waals surface area (Å²) < 4.78 is 1.98. The molecular weight excluding hydrogens is 310 g/mol. The van der Waals surface area contributed by atoms with E-state index in [9.17, 15) is 0 Å². The Hall–Kier alpha value is -2.92. The molecule has 5 heteroatoms. The second kappa shape index (κ2) is 6.53. The summed E-state index contributed by atoms with van der Waals surface area (Å²) in [6.07, 6.45) is 1.86. The lowest BCUT2D eigenvalue weighted by Crippen LogP contribution is -2.13. The third kappa shape index (κ3) is 3.19. The summed E-state index contributed by atoms with van der Waals surface area (Å²) in [6.45, 7) is 5.72. The van der Waals surface area contributed by atoms with Gasteiger partial charge in [0.25, 0.3) is 0 Å². The SMILES string of the molecule is Cc1cc(C)n(-c2ccc(CNCc3cccc4cn[nH]c34)cc2)n1. The van der Waals surface area contributed by atoms with E-state index in [1.165, 1.54) is 11.1 Å². The number of nitrogens with one attached hydrogen (secondary N) is 2. The molecule has 2 aromatic carbocycles. The molecule has 4 rings (SSSR count). The average molecular weight is 331 g/mol. The second-order valence-electron chi connectivity index (χ2n) is 6.36. The van der Waals surface area contributed by atoms with E-state index >= 15 is 0 Å². The van der Waals surface area contributed by atoms with Crippen molar-refractivity contribution < 1.29 is 0 Å². The van der Waals surface area contributed by atoms with Gasteiger partial charge < -0.3 is 5.32 Å². The standard InChI is InChI=1S/C20H21N5/c1-14-10-15(2)25(24-14)19-8-6-16(7-9-19)11-21-12-17-4-3-5-18-13-22-23-20(17)18/h3-10,13,21H,11-12H2,1-2H3,(H,22,23). The number of benzene rings is 2. The summed E-state index contributed by atoms with van der Waals surface area (Å²) in [5, 5.41) is 16.4. The van der Waals surface area contributed by atoms with Crippen LogP contribution in [0.3, 0.4) is 0 Å². The number of hydrogen-bond donors (Lipinski definition) is 2. The molecule has 5 nitrogen and oxygen atoms in total. The van der Waals surface area contributed by atoms with E-state index in [1.54, 1.807) is 0 Å². The summed E-state index contributed by atoms with van der Waals surface area (Å²) in [7, 11) is 0. The molecule has 4 aromatic rings. The van der Waals surface area contributed by atoms with Gasteiger partial charge in [-0.25, -0.2) is 4.68 Å². The van der Waals surface area contributed by atoms with Crippen molar-refractivity contribution in [1.82, 2.24) is 25.3 Å². The summed E-state index contributed by atoms with van der Waals surface area (Å²) in [4.78, 5) is 0. The van der Waals surface area contributed by atoms with Gasteiger partial charge in [0.05, 0.1) is 23.1 Å². The zero-order valence-electron chi connectivity index (χ0n) is 14.5. The van der Waals surface area contributed by atoms with E-state index in [1.807, 2.05) is 17.8 Å². The highest BCUT2D eigenvalue weighted by Crippen LogP contribution is 2.16. The fourth-order valence-corrected chi connectivity index (χ4v) is 3.16. The van der Waals surface area contributed by atoms with Crippen molar-refractivity contribution in [3.05, 3.63) is 77.2 Å². The molecule has 0 unspecified atom stereocenters. The highest BCUT2D eigenvalue weighted by molar-refractivity contribution is 5.81. The molecule has 0 aliphatic heterocycles. The molecule has 0 aliphatic rings. The lowest BCUT2D eigenvalue weighted by Gasteiger charge is -2.08. The van der Waals surface area contributed by atoms with E-state index in [0.29, 0.717) is 0 Å². The van der Waals surface area contributed by atoms with E-state index in [2.05, 4.69) is 76.1 Å². The number of rotatable bonds is 5. The minimum atomic E-state index is 0.804. The summed E-state index contributed by atoms with van der Waals surface area (Å²) >= 11 is 0. The fourth-order valence-electron chi connectivity index (χ4n) is 3.16. The zero-order valence-corrected chi connectivity index (χ0v) is 14.5. The maximum Gasteiger partial charge on any atom is 0.0695 e. The van der Waals surface area contributed by atoms with Gasteiger partial charge in [0.2, 0.25) is 0 Å². The molecule has 0 saturated carbocycles. The van der Waals surface area contributed by atoms with Gasteiger partial charge in [0.15, 0.2) is 0 Å². The van der Waals surface area contributed by atoms with Crippen LogP contribution in [0.1, 0.15) is 22.5 Å². The molecule has 2 heterocycles. The number of aromatic nitrogens is 4. The predicted molar refractivity (Wildman–Crippen MR) is 99.7 cm³/mol. The van der Waals surface area contributed by atoms with Gasteiger partial charge in [-0.05, 0) is 43.2 Å². The van der Waals surface area contributed by atoms with Crippen LogP contribution in [0.25, 0.3) is 16.6 Å². The Labute approximate surface area is 146 Å². The number of hydrogen-bond acceptors (Lipinski definition) is 3. The average Bonchev–Trinajstić information content (AvgIpc) is 3.22. The van der Waals surface area contributed by atoms with Crippen LogP contribution in [0.2, 0.25) is 0 Å². The van der Waals surface area contributed by atoms with Crippen molar-refractivity contribution >= 4 is 10.9 Å². The number of H-pyrrole nitrogens is 1. The molecule has 0 aliphatic carbocycles. The van der Waals surface area contributed by atoms with Crippen molar-refractivity contribution in [1.29, 1.82) is 0 Å². The van der Waals surface area contributed by atoms with Gasteiger partial charge in [0, 0.05) is 24.2 Å². The number of nitrogens with zero attached hydrogens (tertiary/aromatic N) is 3. The monoisotopic (exact) mass is 331 g/mol. The predicted octanol–water partition coefficient (Wildman–Crippen LogP) is 3.66. The molecule has 0 radical (unpaired) electrons. The van der Waals surface area contributed by atoms with E-state index in [4.69, 9.17) is 0 Å². The highest BCUT2D eigenvalue weighted by atomic mass is 15.3. The van der Waals surface area contributed by atoms with E-state index in [0.717, 1.165) is 41.1 Å². The Bertz CT molecular complexity index is 995. The minimum absolute atomic E-state index is 0.804. The highest BCUT2D eigenvalue weighted by Gasteiger charge is 2.04. The summed E-state index contributed by atoms with van der Waals surface area (Å²) in [5.74, 6) is 0. The van der Waals surface area contributed by atoms with Crippen LogP contribution in [-0.4, -0.2) is 20.0 Å². The van der Waals surface area contributed by atoms with Crippen molar-refractivity contribution in [3.63, 3.8) is 0 Å². The third-order valence-electron chi connectivity index (χ3n) is 4.40. The lowest BCUT2D eigenvalue weighted by molar-refractivity contribution is 0.695.